The normalized spacial score (nSPS) is 11.1. The Morgan fingerprint density at radius 3 is 2.65 bits per heavy atom. The number of fused-ring (bicyclic) bond motifs is 2. The van der Waals surface area contributed by atoms with Crippen LogP contribution in [0.5, 0.6) is 0 Å². The zero-order chi connectivity index (χ0) is 17.8. The van der Waals surface area contributed by atoms with Crippen molar-refractivity contribution in [1.82, 2.24) is 20.6 Å². The summed E-state index contributed by atoms with van der Waals surface area (Å²) in [6.45, 7) is 1.19. The fraction of sp³-hybridized carbons (Fsp3) is 0.200. The number of thiazole rings is 1. The highest BCUT2D eigenvalue weighted by Gasteiger charge is 2.06. The third-order valence-corrected chi connectivity index (χ3v) is 5.41. The Labute approximate surface area is 155 Å². The number of urea groups is 1. The van der Waals surface area contributed by atoms with Crippen LogP contribution >= 0.6 is 11.3 Å². The zero-order valence-electron chi connectivity index (χ0n) is 14.3. The summed E-state index contributed by atoms with van der Waals surface area (Å²) in [5, 5.41) is 8.08. The number of amides is 2. The summed E-state index contributed by atoms with van der Waals surface area (Å²) in [6, 6.07) is 16.2. The highest BCUT2D eigenvalue weighted by molar-refractivity contribution is 7.18. The van der Waals surface area contributed by atoms with E-state index in [-0.39, 0.29) is 6.03 Å². The second-order valence-corrected chi connectivity index (χ2v) is 7.23. The molecule has 0 aliphatic rings. The van der Waals surface area contributed by atoms with E-state index < -0.39 is 0 Å². The van der Waals surface area contributed by atoms with Crippen molar-refractivity contribution in [2.75, 3.05) is 13.1 Å². The molecule has 2 heterocycles. The lowest BCUT2D eigenvalue weighted by Gasteiger charge is -2.06. The molecule has 0 atom stereocenters. The maximum atomic E-state index is 12.0. The molecule has 132 valence electrons. The van der Waals surface area contributed by atoms with Gasteiger partial charge in [-0.2, -0.15) is 0 Å². The van der Waals surface area contributed by atoms with E-state index in [9.17, 15) is 4.79 Å². The molecular weight excluding hydrogens is 344 g/mol. The largest absolute Gasteiger partial charge is 0.361 e. The molecule has 0 bridgehead atoms. The van der Waals surface area contributed by atoms with E-state index in [0.717, 1.165) is 28.9 Å². The van der Waals surface area contributed by atoms with Crippen LogP contribution in [0, 0.1) is 0 Å². The van der Waals surface area contributed by atoms with Crippen molar-refractivity contribution < 1.29 is 4.79 Å². The molecule has 0 saturated carbocycles. The summed E-state index contributed by atoms with van der Waals surface area (Å²) >= 11 is 1.68. The monoisotopic (exact) mass is 364 g/mol. The van der Waals surface area contributed by atoms with Crippen molar-refractivity contribution in [2.24, 2.45) is 0 Å². The predicted molar refractivity (Wildman–Crippen MR) is 107 cm³/mol. The first-order valence-corrected chi connectivity index (χ1v) is 9.52. The number of nitrogens with one attached hydrogen (secondary N) is 3. The molecule has 2 amide bonds. The first-order valence-electron chi connectivity index (χ1n) is 8.71. The number of benzene rings is 2. The molecule has 2 aromatic carbocycles. The highest BCUT2D eigenvalue weighted by atomic mass is 32.1. The third-order valence-electron chi connectivity index (χ3n) is 4.32. The van der Waals surface area contributed by atoms with Gasteiger partial charge >= 0.3 is 6.03 Å². The van der Waals surface area contributed by atoms with Gasteiger partial charge in [0.1, 0.15) is 0 Å². The second-order valence-electron chi connectivity index (χ2n) is 6.12. The van der Waals surface area contributed by atoms with Crippen LogP contribution in [0.1, 0.15) is 10.6 Å². The Kier molecular flexibility index (Phi) is 4.84. The molecule has 4 rings (SSSR count). The Morgan fingerprint density at radius 1 is 1.00 bits per heavy atom. The molecule has 2 aromatic heterocycles. The molecule has 0 radical (unpaired) electrons. The SMILES string of the molecule is O=C(NCCc1nc2ccccc2s1)NCCc1c[nH]c2ccccc12. The molecule has 5 nitrogen and oxygen atoms in total. The van der Waals surface area contributed by atoms with E-state index >= 15 is 0 Å². The summed E-state index contributed by atoms with van der Waals surface area (Å²) < 4.78 is 1.19. The van der Waals surface area contributed by atoms with Crippen molar-refractivity contribution in [3.05, 3.63) is 65.3 Å². The van der Waals surface area contributed by atoms with Gasteiger partial charge < -0.3 is 15.6 Å². The molecule has 0 aliphatic heterocycles. The van der Waals surface area contributed by atoms with Crippen LogP contribution in [0.25, 0.3) is 21.1 Å². The number of carbonyl (C=O) groups excluding carboxylic acids is 1. The summed E-state index contributed by atoms with van der Waals surface area (Å²) in [4.78, 5) is 19.8. The van der Waals surface area contributed by atoms with Gasteiger partial charge in [0.25, 0.3) is 0 Å². The summed E-state index contributed by atoms with van der Waals surface area (Å²) in [7, 11) is 0. The summed E-state index contributed by atoms with van der Waals surface area (Å²) in [5.41, 5.74) is 3.37. The summed E-state index contributed by atoms with van der Waals surface area (Å²) in [5.74, 6) is 0. The number of hydrogen-bond donors (Lipinski definition) is 3. The minimum Gasteiger partial charge on any atom is -0.361 e. The van der Waals surface area contributed by atoms with Gasteiger partial charge in [-0.25, -0.2) is 9.78 Å². The Hall–Kier alpha value is -2.86. The fourth-order valence-electron chi connectivity index (χ4n) is 3.02. The van der Waals surface area contributed by atoms with E-state index in [0.29, 0.717) is 13.1 Å². The van der Waals surface area contributed by atoms with Gasteiger partial charge in [0.2, 0.25) is 0 Å². The molecule has 3 N–H and O–H groups in total. The van der Waals surface area contributed by atoms with Gasteiger partial charge in [-0.15, -0.1) is 11.3 Å². The Balaban J connectivity index is 1.21. The first kappa shape index (κ1) is 16.6. The van der Waals surface area contributed by atoms with Crippen molar-refractivity contribution in [1.29, 1.82) is 0 Å². The third kappa shape index (κ3) is 3.70. The predicted octanol–water partition coefficient (Wildman–Crippen LogP) is 3.86. The molecule has 0 saturated heterocycles. The van der Waals surface area contributed by atoms with Crippen LogP contribution in [-0.2, 0) is 12.8 Å². The van der Waals surface area contributed by atoms with Crippen molar-refractivity contribution in [3.8, 4) is 0 Å². The summed E-state index contributed by atoms with van der Waals surface area (Å²) in [6.07, 6.45) is 3.56. The smallest absolute Gasteiger partial charge is 0.314 e. The molecule has 0 aliphatic carbocycles. The van der Waals surface area contributed by atoms with Gasteiger partial charge in [0.05, 0.1) is 15.2 Å². The Bertz CT molecular complexity index is 1000. The quantitative estimate of drug-likeness (QED) is 0.486. The van der Waals surface area contributed by atoms with Gasteiger partial charge in [0.15, 0.2) is 0 Å². The molecule has 0 unspecified atom stereocenters. The number of nitrogens with zero attached hydrogens (tertiary/aromatic N) is 1. The minimum atomic E-state index is -0.133. The Morgan fingerprint density at radius 2 is 1.77 bits per heavy atom. The number of hydrogen-bond acceptors (Lipinski definition) is 3. The highest BCUT2D eigenvalue weighted by Crippen LogP contribution is 2.21. The van der Waals surface area contributed by atoms with E-state index in [2.05, 4.69) is 38.8 Å². The minimum absolute atomic E-state index is 0.133. The second kappa shape index (κ2) is 7.58. The molecule has 0 fully saturated rings. The van der Waals surface area contributed by atoms with E-state index in [1.54, 1.807) is 11.3 Å². The topological polar surface area (TPSA) is 69.8 Å². The number of aromatic amines is 1. The zero-order valence-corrected chi connectivity index (χ0v) is 15.1. The van der Waals surface area contributed by atoms with Gasteiger partial charge in [-0.05, 0) is 30.2 Å². The fourth-order valence-corrected chi connectivity index (χ4v) is 3.99. The lowest BCUT2D eigenvalue weighted by atomic mass is 10.1. The van der Waals surface area contributed by atoms with Gasteiger partial charge in [0, 0.05) is 36.6 Å². The average molecular weight is 364 g/mol. The number of H-pyrrole nitrogens is 1. The first-order chi connectivity index (χ1) is 12.8. The van der Waals surface area contributed by atoms with Gasteiger partial charge in [-0.1, -0.05) is 30.3 Å². The lowest BCUT2D eigenvalue weighted by Crippen LogP contribution is -2.37. The van der Waals surface area contributed by atoms with E-state index in [4.69, 9.17) is 0 Å². The standard InChI is InChI=1S/C20H20N4OS/c25-20(21-11-9-14-13-23-16-6-2-1-5-15(14)16)22-12-10-19-24-17-7-3-4-8-18(17)26-19/h1-8,13,23H,9-12H2,(H2,21,22,25). The number of aromatic nitrogens is 2. The van der Waals surface area contributed by atoms with Crippen molar-refractivity contribution in [3.63, 3.8) is 0 Å². The average Bonchev–Trinajstić information content (AvgIpc) is 3.25. The van der Waals surface area contributed by atoms with Crippen LogP contribution in [0.15, 0.2) is 54.7 Å². The van der Waals surface area contributed by atoms with Gasteiger partial charge in [-0.3, -0.25) is 0 Å². The molecule has 4 aromatic rings. The maximum absolute atomic E-state index is 12.0. The number of carbonyl (C=O) groups is 1. The van der Waals surface area contributed by atoms with Crippen molar-refractivity contribution >= 4 is 38.5 Å². The lowest BCUT2D eigenvalue weighted by molar-refractivity contribution is 0.241. The molecule has 26 heavy (non-hydrogen) atoms. The number of rotatable bonds is 6. The van der Waals surface area contributed by atoms with Crippen LogP contribution in [0.3, 0.4) is 0 Å². The van der Waals surface area contributed by atoms with Crippen LogP contribution in [-0.4, -0.2) is 29.1 Å². The van der Waals surface area contributed by atoms with Crippen LogP contribution < -0.4 is 10.6 Å². The van der Waals surface area contributed by atoms with E-state index in [1.807, 2.05) is 36.5 Å². The van der Waals surface area contributed by atoms with Crippen molar-refractivity contribution in [2.45, 2.75) is 12.8 Å². The molecular formula is C20H20N4OS. The van der Waals surface area contributed by atoms with Crippen LogP contribution in [0.2, 0.25) is 0 Å². The maximum Gasteiger partial charge on any atom is 0.314 e. The molecule has 0 spiro atoms. The molecule has 6 heteroatoms. The van der Waals surface area contributed by atoms with Crippen LogP contribution in [0.4, 0.5) is 4.79 Å². The number of para-hydroxylation sites is 2. The van der Waals surface area contributed by atoms with E-state index in [1.165, 1.54) is 15.6 Å².